The van der Waals surface area contributed by atoms with Crippen LogP contribution in [0.15, 0.2) is 78.2 Å². The van der Waals surface area contributed by atoms with Crippen LogP contribution in [0.25, 0.3) is 0 Å². The minimum absolute atomic E-state index is 0.210. The Balaban J connectivity index is 1.42. The molecule has 0 aliphatic carbocycles. The van der Waals surface area contributed by atoms with Crippen LogP contribution < -0.4 is 15.5 Å². The van der Waals surface area contributed by atoms with Gasteiger partial charge in [-0.15, -0.1) is 0 Å². The molecular formula is C22H19ClN4O3. The molecule has 3 rings (SSSR count). The van der Waals surface area contributed by atoms with Crippen LogP contribution in [0.3, 0.4) is 0 Å². The van der Waals surface area contributed by atoms with Gasteiger partial charge in [-0.1, -0.05) is 29.8 Å². The molecule has 0 unspecified atom stereocenters. The lowest BCUT2D eigenvalue weighted by Crippen LogP contribution is -2.37. The summed E-state index contributed by atoms with van der Waals surface area (Å²) < 4.78 is 5.71. The molecule has 2 amide bonds. The van der Waals surface area contributed by atoms with Crippen molar-refractivity contribution in [2.24, 2.45) is 5.10 Å². The molecule has 0 aliphatic rings. The zero-order valence-electron chi connectivity index (χ0n) is 15.9. The first-order valence-corrected chi connectivity index (χ1v) is 9.45. The molecule has 0 atom stereocenters. The van der Waals surface area contributed by atoms with Crippen LogP contribution in [0.5, 0.6) is 5.75 Å². The molecule has 2 aromatic carbocycles. The third-order valence-electron chi connectivity index (χ3n) is 3.96. The van der Waals surface area contributed by atoms with E-state index in [1.807, 2.05) is 24.3 Å². The lowest BCUT2D eigenvalue weighted by Gasteiger charge is -2.06. The van der Waals surface area contributed by atoms with Gasteiger partial charge in [-0.3, -0.25) is 14.6 Å². The number of benzene rings is 2. The number of rotatable bonds is 7. The number of amides is 2. The molecule has 30 heavy (non-hydrogen) atoms. The second kappa shape index (κ2) is 10.7. The molecule has 7 nitrogen and oxygen atoms in total. The second-order valence-electron chi connectivity index (χ2n) is 6.23. The predicted molar refractivity (Wildman–Crippen MR) is 114 cm³/mol. The van der Waals surface area contributed by atoms with Gasteiger partial charge in [0.15, 0.2) is 0 Å². The Morgan fingerprint density at radius 2 is 1.77 bits per heavy atom. The number of hydrogen-bond donors (Lipinski definition) is 2. The summed E-state index contributed by atoms with van der Waals surface area (Å²) in [5, 5.41) is 6.98. The first-order chi connectivity index (χ1) is 14.6. The van der Waals surface area contributed by atoms with E-state index in [0.29, 0.717) is 17.4 Å². The maximum atomic E-state index is 11.8. The van der Waals surface area contributed by atoms with Gasteiger partial charge < -0.3 is 10.1 Å². The third kappa shape index (κ3) is 6.72. The van der Waals surface area contributed by atoms with Crippen LogP contribution in [0.2, 0.25) is 5.02 Å². The molecule has 2 N–H and O–H groups in total. The van der Waals surface area contributed by atoms with E-state index in [1.54, 1.807) is 48.8 Å². The number of pyridine rings is 1. The normalized spacial score (nSPS) is 10.6. The number of halogens is 1. The van der Waals surface area contributed by atoms with E-state index in [-0.39, 0.29) is 6.54 Å². The van der Waals surface area contributed by atoms with Crippen molar-refractivity contribution in [3.05, 3.63) is 94.8 Å². The van der Waals surface area contributed by atoms with Crippen LogP contribution >= 0.6 is 11.6 Å². The molecule has 0 bridgehead atoms. The standard InChI is InChI=1S/C22H19ClN4O3/c23-19-7-3-17(4-8-19)15-30-20-9-5-16(6-10-20)14-26-27-22(29)21(28)25-13-18-2-1-11-24-12-18/h1-12,14H,13,15H2,(H,25,28)(H,27,29)/b26-14-. The molecular weight excluding hydrogens is 404 g/mol. The van der Waals surface area contributed by atoms with Gasteiger partial charge in [-0.25, -0.2) is 5.43 Å². The molecule has 0 spiro atoms. The van der Waals surface area contributed by atoms with Gasteiger partial charge in [-0.2, -0.15) is 5.10 Å². The summed E-state index contributed by atoms with van der Waals surface area (Å²) in [5.41, 5.74) is 4.74. The van der Waals surface area contributed by atoms with Gasteiger partial charge in [0, 0.05) is 24.0 Å². The summed E-state index contributed by atoms with van der Waals surface area (Å²) in [6.45, 7) is 0.635. The second-order valence-corrected chi connectivity index (χ2v) is 6.66. The van der Waals surface area contributed by atoms with E-state index < -0.39 is 11.8 Å². The zero-order valence-corrected chi connectivity index (χ0v) is 16.7. The van der Waals surface area contributed by atoms with E-state index in [0.717, 1.165) is 16.7 Å². The van der Waals surface area contributed by atoms with Crippen LogP contribution in [0.1, 0.15) is 16.7 Å². The summed E-state index contributed by atoms with van der Waals surface area (Å²) in [6, 6.07) is 18.1. The van der Waals surface area contributed by atoms with E-state index in [1.165, 1.54) is 6.21 Å². The fraction of sp³-hybridized carbons (Fsp3) is 0.0909. The van der Waals surface area contributed by atoms with E-state index in [9.17, 15) is 9.59 Å². The Kier molecular flexibility index (Phi) is 7.51. The van der Waals surface area contributed by atoms with E-state index in [2.05, 4.69) is 20.8 Å². The minimum Gasteiger partial charge on any atom is -0.489 e. The Bertz CT molecular complexity index is 1010. The number of nitrogens with zero attached hydrogens (tertiary/aromatic N) is 2. The maximum absolute atomic E-state index is 11.8. The van der Waals surface area contributed by atoms with Crippen molar-refractivity contribution < 1.29 is 14.3 Å². The Morgan fingerprint density at radius 3 is 2.47 bits per heavy atom. The van der Waals surface area contributed by atoms with Crippen molar-refractivity contribution in [2.75, 3.05) is 0 Å². The molecule has 0 aliphatic heterocycles. The summed E-state index contributed by atoms with van der Waals surface area (Å²) in [4.78, 5) is 27.5. The molecule has 1 aromatic heterocycles. The van der Waals surface area contributed by atoms with Gasteiger partial charge in [0.25, 0.3) is 0 Å². The first-order valence-electron chi connectivity index (χ1n) is 9.07. The van der Waals surface area contributed by atoms with Crippen molar-refractivity contribution in [1.82, 2.24) is 15.7 Å². The van der Waals surface area contributed by atoms with E-state index >= 15 is 0 Å². The summed E-state index contributed by atoms with van der Waals surface area (Å²) >= 11 is 5.86. The topological polar surface area (TPSA) is 92.7 Å². The van der Waals surface area contributed by atoms with Crippen LogP contribution in [-0.4, -0.2) is 23.0 Å². The number of carbonyl (C=O) groups is 2. The molecule has 0 saturated carbocycles. The lowest BCUT2D eigenvalue weighted by molar-refractivity contribution is -0.139. The fourth-order valence-corrected chi connectivity index (χ4v) is 2.50. The van der Waals surface area contributed by atoms with Crippen molar-refractivity contribution in [1.29, 1.82) is 0 Å². The summed E-state index contributed by atoms with van der Waals surface area (Å²) in [7, 11) is 0. The number of carbonyl (C=O) groups excluding carboxylic acids is 2. The molecule has 1 heterocycles. The predicted octanol–water partition coefficient (Wildman–Crippen LogP) is 3.08. The SMILES string of the molecule is O=C(NCc1cccnc1)C(=O)N/N=C\c1ccc(OCc2ccc(Cl)cc2)cc1. The van der Waals surface area contributed by atoms with E-state index in [4.69, 9.17) is 16.3 Å². The molecule has 3 aromatic rings. The molecule has 8 heteroatoms. The van der Waals surface area contributed by atoms with Crippen molar-refractivity contribution in [3.8, 4) is 5.75 Å². The highest BCUT2D eigenvalue weighted by molar-refractivity contribution is 6.35. The minimum atomic E-state index is -0.849. The number of hydrazone groups is 1. The lowest BCUT2D eigenvalue weighted by atomic mass is 10.2. The quantitative estimate of drug-likeness (QED) is 0.347. The van der Waals surface area contributed by atoms with Crippen molar-refractivity contribution >= 4 is 29.6 Å². The van der Waals surface area contributed by atoms with Crippen molar-refractivity contribution in [3.63, 3.8) is 0 Å². The molecule has 0 fully saturated rings. The number of ether oxygens (including phenoxy) is 1. The Labute approximate surface area is 178 Å². The van der Waals surface area contributed by atoms with Gasteiger partial charge >= 0.3 is 11.8 Å². The van der Waals surface area contributed by atoms with Crippen LogP contribution in [0.4, 0.5) is 0 Å². The van der Waals surface area contributed by atoms with Gasteiger partial charge in [0.05, 0.1) is 6.21 Å². The number of nitrogens with one attached hydrogen (secondary N) is 2. The van der Waals surface area contributed by atoms with Gasteiger partial charge in [-0.05, 0) is 59.2 Å². The average Bonchev–Trinajstić information content (AvgIpc) is 2.78. The third-order valence-corrected chi connectivity index (χ3v) is 4.21. The highest BCUT2D eigenvalue weighted by Gasteiger charge is 2.11. The number of aromatic nitrogens is 1. The highest BCUT2D eigenvalue weighted by Crippen LogP contribution is 2.15. The van der Waals surface area contributed by atoms with Crippen LogP contribution in [0, 0.1) is 0 Å². The fourth-order valence-electron chi connectivity index (χ4n) is 2.38. The first kappa shape index (κ1) is 21.0. The summed E-state index contributed by atoms with van der Waals surface area (Å²) in [5.74, 6) is -0.930. The zero-order chi connectivity index (χ0) is 21.2. The summed E-state index contributed by atoms with van der Waals surface area (Å²) in [6.07, 6.45) is 4.68. The molecule has 0 saturated heterocycles. The smallest absolute Gasteiger partial charge is 0.329 e. The highest BCUT2D eigenvalue weighted by atomic mass is 35.5. The Hall–Kier alpha value is -3.71. The van der Waals surface area contributed by atoms with Gasteiger partial charge in [0.2, 0.25) is 0 Å². The van der Waals surface area contributed by atoms with Crippen LogP contribution in [-0.2, 0) is 22.7 Å². The number of hydrogen-bond acceptors (Lipinski definition) is 5. The largest absolute Gasteiger partial charge is 0.489 e. The van der Waals surface area contributed by atoms with Crippen molar-refractivity contribution in [2.45, 2.75) is 13.2 Å². The maximum Gasteiger partial charge on any atom is 0.329 e. The molecule has 152 valence electrons. The van der Waals surface area contributed by atoms with Gasteiger partial charge in [0.1, 0.15) is 12.4 Å². The molecule has 0 radical (unpaired) electrons. The monoisotopic (exact) mass is 422 g/mol. The average molecular weight is 423 g/mol. The Morgan fingerprint density at radius 1 is 1.00 bits per heavy atom.